The van der Waals surface area contributed by atoms with Crippen molar-refractivity contribution in [2.45, 2.75) is 0 Å². The number of hydrogen-bond acceptors (Lipinski definition) is 2. The number of furan rings is 1. The summed E-state index contributed by atoms with van der Waals surface area (Å²) in [7, 11) is 0. The minimum absolute atomic E-state index is 0.917. The van der Waals surface area contributed by atoms with Gasteiger partial charge >= 0.3 is 0 Å². The molecule has 3 nitrogen and oxygen atoms in total. The molecular formula is C33H20N2O. The Morgan fingerprint density at radius 2 is 1.36 bits per heavy atom. The van der Waals surface area contributed by atoms with E-state index >= 15 is 0 Å². The number of fused-ring (bicyclic) bond motifs is 7. The van der Waals surface area contributed by atoms with E-state index in [9.17, 15) is 0 Å². The summed E-state index contributed by atoms with van der Waals surface area (Å²) in [6.07, 6.45) is 3.84. The lowest BCUT2D eigenvalue weighted by Gasteiger charge is -2.13. The van der Waals surface area contributed by atoms with Crippen LogP contribution in [0.3, 0.4) is 0 Å². The van der Waals surface area contributed by atoms with Gasteiger partial charge in [0.25, 0.3) is 0 Å². The molecule has 0 unspecified atom stereocenters. The first kappa shape index (κ1) is 19.4. The molecule has 0 bridgehead atoms. The van der Waals surface area contributed by atoms with Crippen molar-refractivity contribution in [3.05, 3.63) is 122 Å². The van der Waals surface area contributed by atoms with E-state index in [0.717, 1.165) is 33.0 Å². The number of aromatic nitrogens is 2. The topological polar surface area (TPSA) is 31.0 Å². The highest BCUT2D eigenvalue weighted by Gasteiger charge is 2.17. The van der Waals surface area contributed by atoms with Crippen LogP contribution in [-0.4, -0.2) is 9.55 Å². The number of pyridine rings is 1. The predicted molar refractivity (Wildman–Crippen MR) is 149 cm³/mol. The third-order valence-electron chi connectivity index (χ3n) is 7.25. The molecule has 0 N–H and O–H groups in total. The molecule has 3 heterocycles. The Morgan fingerprint density at radius 1 is 0.556 bits per heavy atom. The van der Waals surface area contributed by atoms with Gasteiger partial charge in [-0.1, -0.05) is 66.7 Å². The maximum absolute atomic E-state index is 6.24. The second kappa shape index (κ2) is 7.30. The van der Waals surface area contributed by atoms with Gasteiger partial charge in [-0.3, -0.25) is 4.98 Å². The quantitative estimate of drug-likeness (QED) is 0.258. The summed E-state index contributed by atoms with van der Waals surface area (Å²) in [6, 6.07) is 38.6. The number of benzene rings is 5. The van der Waals surface area contributed by atoms with Gasteiger partial charge in [-0.15, -0.1) is 0 Å². The van der Waals surface area contributed by atoms with E-state index < -0.39 is 0 Å². The number of rotatable bonds is 2. The molecular weight excluding hydrogens is 440 g/mol. The SMILES string of the molecule is c1ccc(-c2cc(-n3c4ccccc4c4cc5oc6ccccc6c5cc43)cc3ccncc23)cc1. The Hall–Kier alpha value is -4.89. The first-order chi connectivity index (χ1) is 17.8. The Labute approximate surface area is 206 Å². The molecule has 0 atom stereocenters. The predicted octanol–water partition coefficient (Wildman–Crippen LogP) is 8.90. The highest BCUT2D eigenvalue weighted by molar-refractivity contribution is 6.17. The summed E-state index contributed by atoms with van der Waals surface area (Å²) in [5, 5.41) is 6.99. The van der Waals surface area contributed by atoms with Gasteiger partial charge in [-0.05, 0) is 59.0 Å². The molecule has 0 saturated carbocycles. The van der Waals surface area contributed by atoms with E-state index in [1.165, 1.54) is 38.3 Å². The van der Waals surface area contributed by atoms with Crippen LogP contribution in [0.25, 0.3) is 71.3 Å². The van der Waals surface area contributed by atoms with Crippen LogP contribution in [0.15, 0.2) is 126 Å². The van der Waals surface area contributed by atoms with E-state index in [1.54, 1.807) is 0 Å². The summed E-state index contributed by atoms with van der Waals surface area (Å²) in [5.74, 6) is 0. The van der Waals surface area contributed by atoms with Gasteiger partial charge in [0.15, 0.2) is 0 Å². The van der Waals surface area contributed by atoms with Crippen LogP contribution < -0.4 is 0 Å². The van der Waals surface area contributed by atoms with Gasteiger partial charge in [-0.2, -0.15) is 0 Å². The highest BCUT2D eigenvalue weighted by atomic mass is 16.3. The van der Waals surface area contributed by atoms with E-state index in [1.807, 2.05) is 24.5 Å². The zero-order chi connectivity index (χ0) is 23.6. The third-order valence-corrected chi connectivity index (χ3v) is 7.25. The molecule has 0 aliphatic carbocycles. The van der Waals surface area contributed by atoms with E-state index in [0.29, 0.717) is 0 Å². The summed E-state index contributed by atoms with van der Waals surface area (Å²) < 4.78 is 8.63. The molecule has 5 aromatic carbocycles. The van der Waals surface area contributed by atoms with Crippen molar-refractivity contribution < 1.29 is 4.42 Å². The molecule has 3 aromatic heterocycles. The molecule has 8 aromatic rings. The van der Waals surface area contributed by atoms with Gasteiger partial charge in [0, 0.05) is 45.0 Å². The van der Waals surface area contributed by atoms with Gasteiger partial charge in [-0.25, -0.2) is 0 Å². The molecule has 168 valence electrons. The molecule has 0 fully saturated rings. The van der Waals surface area contributed by atoms with Crippen molar-refractivity contribution in [2.24, 2.45) is 0 Å². The van der Waals surface area contributed by atoms with Crippen molar-refractivity contribution in [3.8, 4) is 16.8 Å². The second-order valence-electron chi connectivity index (χ2n) is 9.27. The first-order valence-electron chi connectivity index (χ1n) is 12.1. The van der Waals surface area contributed by atoms with E-state index in [-0.39, 0.29) is 0 Å². The molecule has 36 heavy (non-hydrogen) atoms. The fraction of sp³-hybridized carbons (Fsp3) is 0. The number of nitrogens with zero attached hydrogens (tertiary/aromatic N) is 2. The maximum Gasteiger partial charge on any atom is 0.136 e. The fourth-order valence-electron chi connectivity index (χ4n) is 5.63. The lowest BCUT2D eigenvalue weighted by molar-refractivity contribution is 0.669. The van der Waals surface area contributed by atoms with Crippen LogP contribution in [0.2, 0.25) is 0 Å². The Bertz CT molecular complexity index is 2100. The number of para-hydroxylation sites is 2. The highest BCUT2D eigenvalue weighted by Crippen LogP contribution is 2.39. The molecule has 0 aliphatic rings. The van der Waals surface area contributed by atoms with Gasteiger partial charge in [0.05, 0.1) is 11.0 Å². The monoisotopic (exact) mass is 460 g/mol. The summed E-state index contributed by atoms with van der Waals surface area (Å²) in [6.45, 7) is 0. The largest absolute Gasteiger partial charge is 0.456 e. The van der Waals surface area contributed by atoms with Crippen LogP contribution in [0, 0.1) is 0 Å². The van der Waals surface area contributed by atoms with Crippen molar-refractivity contribution >= 4 is 54.5 Å². The van der Waals surface area contributed by atoms with Crippen LogP contribution >= 0.6 is 0 Å². The fourth-order valence-corrected chi connectivity index (χ4v) is 5.63. The average molecular weight is 461 g/mol. The van der Waals surface area contributed by atoms with Crippen molar-refractivity contribution in [1.29, 1.82) is 0 Å². The van der Waals surface area contributed by atoms with Crippen LogP contribution in [-0.2, 0) is 0 Å². The minimum atomic E-state index is 0.917. The van der Waals surface area contributed by atoms with Crippen molar-refractivity contribution in [2.75, 3.05) is 0 Å². The normalized spacial score (nSPS) is 11.9. The zero-order valence-electron chi connectivity index (χ0n) is 19.3. The van der Waals surface area contributed by atoms with Crippen molar-refractivity contribution in [1.82, 2.24) is 9.55 Å². The second-order valence-corrected chi connectivity index (χ2v) is 9.27. The van der Waals surface area contributed by atoms with Gasteiger partial charge in [0.1, 0.15) is 11.2 Å². The molecule has 0 radical (unpaired) electrons. The average Bonchev–Trinajstić information content (AvgIpc) is 3.46. The standard InChI is InChI=1S/C33H20N2O/c1-2-8-21(9-3-1)26-17-23(16-22-14-15-34-20-29(22)26)35-30-12-6-4-10-24(30)27-19-33-28(18-31(27)35)25-11-5-7-13-32(25)36-33/h1-20H. The first-order valence-corrected chi connectivity index (χ1v) is 12.1. The lowest BCUT2D eigenvalue weighted by Crippen LogP contribution is -1.96. The molecule has 0 aliphatic heterocycles. The van der Waals surface area contributed by atoms with Crippen LogP contribution in [0.4, 0.5) is 0 Å². The van der Waals surface area contributed by atoms with Crippen molar-refractivity contribution in [3.63, 3.8) is 0 Å². The summed E-state index contributed by atoms with van der Waals surface area (Å²) in [5.41, 5.74) is 7.67. The van der Waals surface area contributed by atoms with Gasteiger partial charge in [0.2, 0.25) is 0 Å². The number of hydrogen-bond donors (Lipinski definition) is 0. The smallest absolute Gasteiger partial charge is 0.136 e. The van der Waals surface area contributed by atoms with E-state index in [4.69, 9.17) is 4.42 Å². The van der Waals surface area contributed by atoms with Crippen LogP contribution in [0.5, 0.6) is 0 Å². The van der Waals surface area contributed by atoms with E-state index in [2.05, 4.69) is 107 Å². The zero-order valence-corrected chi connectivity index (χ0v) is 19.3. The summed E-state index contributed by atoms with van der Waals surface area (Å²) in [4.78, 5) is 4.43. The molecule has 0 saturated heterocycles. The maximum atomic E-state index is 6.24. The summed E-state index contributed by atoms with van der Waals surface area (Å²) >= 11 is 0. The Balaban J connectivity index is 1.53. The molecule has 8 rings (SSSR count). The Kier molecular flexibility index (Phi) is 3.94. The third kappa shape index (κ3) is 2.71. The lowest BCUT2D eigenvalue weighted by atomic mass is 9.98. The Morgan fingerprint density at radius 3 is 2.28 bits per heavy atom. The molecule has 3 heteroatoms. The van der Waals surface area contributed by atoms with Gasteiger partial charge < -0.3 is 8.98 Å². The molecule has 0 amide bonds. The minimum Gasteiger partial charge on any atom is -0.456 e. The van der Waals surface area contributed by atoms with Crippen LogP contribution in [0.1, 0.15) is 0 Å². The molecule has 0 spiro atoms.